The Morgan fingerprint density at radius 3 is 2.71 bits per heavy atom. The van der Waals surface area contributed by atoms with Crippen LogP contribution in [-0.2, 0) is 4.74 Å². The molecule has 1 aliphatic rings. The Morgan fingerprint density at radius 2 is 2.00 bits per heavy atom. The van der Waals surface area contributed by atoms with Crippen LogP contribution in [0.3, 0.4) is 0 Å². The molecule has 0 aromatic heterocycles. The van der Waals surface area contributed by atoms with E-state index in [0.717, 1.165) is 5.56 Å². The van der Waals surface area contributed by atoms with E-state index in [1.807, 2.05) is 18.2 Å². The molecule has 21 heavy (non-hydrogen) atoms. The SMILES string of the molecule is CC1COc2ccc(C(Cl)CCOCC(F)F)cc2OC1. The number of hydrogen-bond donors (Lipinski definition) is 0. The summed E-state index contributed by atoms with van der Waals surface area (Å²) in [4.78, 5) is 0. The van der Waals surface area contributed by atoms with E-state index in [-0.39, 0.29) is 12.0 Å². The van der Waals surface area contributed by atoms with Crippen LogP contribution in [0, 0.1) is 5.92 Å². The number of benzene rings is 1. The van der Waals surface area contributed by atoms with Gasteiger partial charge in [0.2, 0.25) is 0 Å². The van der Waals surface area contributed by atoms with Gasteiger partial charge in [0, 0.05) is 12.5 Å². The molecule has 118 valence electrons. The van der Waals surface area contributed by atoms with Gasteiger partial charge in [-0.15, -0.1) is 11.6 Å². The van der Waals surface area contributed by atoms with Gasteiger partial charge in [-0.25, -0.2) is 8.78 Å². The average molecular weight is 321 g/mol. The number of rotatable bonds is 6. The molecule has 0 spiro atoms. The van der Waals surface area contributed by atoms with E-state index in [4.69, 9.17) is 25.8 Å². The van der Waals surface area contributed by atoms with Crippen LogP contribution in [0.25, 0.3) is 0 Å². The van der Waals surface area contributed by atoms with Crippen molar-refractivity contribution < 1.29 is 23.0 Å². The second-order valence-corrected chi connectivity index (χ2v) is 5.68. The molecule has 3 nitrogen and oxygen atoms in total. The molecular formula is C15H19ClF2O3. The molecule has 2 unspecified atom stereocenters. The van der Waals surface area contributed by atoms with Crippen LogP contribution < -0.4 is 9.47 Å². The van der Waals surface area contributed by atoms with Crippen molar-refractivity contribution in [2.75, 3.05) is 26.4 Å². The van der Waals surface area contributed by atoms with Gasteiger partial charge in [-0.05, 0) is 24.1 Å². The summed E-state index contributed by atoms with van der Waals surface area (Å²) >= 11 is 6.27. The smallest absolute Gasteiger partial charge is 0.261 e. The summed E-state index contributed by atoms with van der Waals surface area (Å²) in [5.74, 6) is 1.72. The van der Waals surface area contributed by atoms with E-state index in [0.29, 0.717) is 37.1 Å². The molecule has 2 rings (SSSR count). The van der Waals surface area contributed by atoms with Gasteiger partial charge in [0.15, 0.2) is 11.5 Å². The molecule has 0 amide bonds. The zero-order valence-electron chi connectivity index (χ0n) is 11.9. The summed E-state index contributed by atoms with van der Waals surface area (Å²) in [7, 11) is 0. The summed E-state index contributed by atoms with van der Waals surface area (Å²) in [6.07, 6.45) is -1.98. The Labute approximate surface area is 128 Å². The van der Waals surface area contributed by atoms with Gasteiger partial charge in [0.05, 0.1) is 18.6 Å². The van der Waals surface area contributed by atoms with Crippen molar-refractivity contribution in [3.63, 3.8) is 0 Å². The minimum atomic E-state index is -2.45. The van der Waals surface area contributed by atoms with Crippen molar-refractivity contribution in [1.82, 2.24) is 0 Å². The van der Waals surface area contributed by atoms with E-state index in [1.54, 1.807) is 0 Å². The van der Waals surface area contributed by atoms with Gasteiger partial charge in [-0.2, -0.15) is 0 Å². The fraction of sp³-hybridized carbons (Fsp3) is 0.600. The van der Waals surface area contributed by atoms with Crippen LogP contribution in [0.4, 0.5) is 8.78 Å². The first-order valence-electron chi connectivity index (χ1n) is 6.95. The lowest BCUT2D eigenvalue weighted by atomic mass is 10.1. The Balaban J connectivity index is 1.91. The monoisotopic (exact) mass is 320 g/mol. The van der Waals surface area contributed by atoms with Gasteiger partial charge in [-0.1, -0.05) is 13.0 Å². The number of halogens is 3. The highest BCUT2D eigenvalue weighted by atomic mass is 35.5. The van der Waals surface area contributed by atoms with E-state index >= 15 is 0 Å². The molecule has 1 aromatic rings. The number of alkyl halides is 3. The van der Waals surface area contributed by atoms with Gasteiger partial charge < -0.3 is 14.2 Å². The first-order valence-corrected chi connectivity index (χ1v) is 7.39. The Hall–Kier alpha value is -1.07. The molecule has 0 N–H and O–H groups in total. The minimum Gasteiger partial charge on any atom is -0.489 e. The molecule has 0 bridgehead atoms. The molecular weight excluding hydrogens is 302 g/mol. The van der Waals surface area contributed by atoms with Gasteiger partial charge in [-0.3, -0.25) is 0 Å². The summed E-state index contributed by atoms with van der Waals surface area (Å²) in [5, 5.41) is -0.308. The quantitative estimate of drug-likeness (QED) is 0.584. The predicted molar refractivity (Wildman–Crippen MR) is 76.6 cm³/mol. The maximum absolute atomic E-state index is 12.0. The Kier molecular flexibility index (Phi) is 6.06. The van der Waals surface area contributed by atoms with Crippen molar-refractivity contribution in [3.8, 4) is 11.5 Å². The van der Waals surface area contributed by atoms with Crippen molar-refractivity contribution in [3.05, 3.63) is 23.8 Å². The highest BCUT2D eigenvalue weighted by molar-refractivity contribution is 6.20. The second-order valence-electron chi connectivity index (χ2n) is 5.16. The average Bonchev–Trinajstić information content (AvgIpc) is 2.65. The molecule has 0 saturated carbocycles. The molecule has 1 heterocycles. The van der Waals surface area contributed by atoms with Crippen LogP contribution in [0.15, 0.2) is 18.2 Å². The molecule has 0 fully saturated rings. The first kappa shape index (κ1) is 16.3. The molecule has 0 saturated heterocycles. The largest absolute Gasteiger partial charge is 0.489 e. The summed E-state index contributed by atoms with van der Waals surface area (Å²) in [6, 6.07) is 5.54. The van der Waals surface area contributed by atoms with Crippen molar-refractivity contribution >= 4 is 11.6 Å². The third kappa shape index (κ3) is 5.00. The Morgan fingerprint density at radius 1 is 1.29 bits per heavy atom. The first-order chi connectivity index (χ1) is 10.1. The molecule has 0 aliphatic carbocycles. The fourth-order valence-electron chi connectivity index (χ4n) is 1.99. The summed E-state index contributed by atoms with van der Waals surface area (Å²) in [5.41, 5.74) is 0.870. The van der Waals surface area contributed by atoms with Crippen LogP contribution in [0.1, 0.15) is 24.3 Å². The standard InChI is InChI=1S/C15H19ClF2O3/c1-10-7-20-13-3-2-11(6-14(13)21-8-10)12(16)4-5-19-9-15(17)18/h2-3,6,10,12,15H,4-5,7-9H2,1H3. The van der Waals surface area contributed by atoms with Crippen LogP contribution in [0.2, 0.25) is 0 Å². The maximum Gasteiger partial charge on any atom is 0.261 e. The minimum absolute atomic E-state index is 0.198. The normalized spacial score (nSPS) is 19.4. The summed E-state index contributed by atoms with van der Waals surface area (Å²) in [6.45, 7) is 2.92. The predicted octanol–water partition coefficient (Wildman–Crippen LogP) is 4.05. The molecule has 2 atom stereocenters. The van der Waals surface area contributed by atoms with Crippen molar-refractivity contribution in [2.45, 2.75) is 25.1 Å². The lowest BCUT2D eigenvalue weighted by Gasteiger charge is -2.13. The Bertz CT molecular complexity index is 457. The zero-order chi connectivity index (χ0) is 15.2. The highest BCUT2D eigenvalue weighted by Gasteiger charge is 2.17. The molecule has 1 aromatic carbocycles. The lowest BCUT2D eigenvalue weighted by Crippen LogP contribution is -2.12. The van der Waals surface area contributed by atoms with Crippen molar-refractivity contribution in [1.29, 1.82) is 0 Å². The van der Waals surface area contributed by atoms with Gasteiger partial charge in [0.1, 0.15) is 6.61 Å². The van der Waals surface area contributed by atoms with E-state index in [1.165, 1.54) is 0 Å². The van der Waals surface area contributed by atoms with Gasteiger partial charge >= 0.3 is 0 Å². The van der Waals surface area contributed by atoms with Crippen LogP contribution >= 0.6 is 11.6 Å². The van der Waals surface area contributed by atoms with E-state index in [9.17, 15) is 8.78 Å². The third-order valence-electron chi connectivity index (χ3n) is 3.14. The van der Waals surface area contributed by atoms with Gasteiger partial charge in [0.25, 0.3) is 6.43 Å². The molecule has 6 heteroatoms. The summed E-state index contributed by atoms with van der Waals surface area (Å²) < 4.78 is 40.1. The van der Waals surface area contributed by atoms with E-state index < -0.39 is 13.0 Å². The molecule has 1 aliphatic heterocycles. The van der Waals surface area contributed by atoms with E-state index in [2.05, 4.69) is 6.92 Å². The maximum atomic E-state index is 12.0. The number of hydrogen-bond acceptors (Lipinski definition) is 3. The third-order valence-corrected chi connectivity index (χ3v) is 3.61. The molecule has 0 radical (unpaired) electrons. The number of fused-ring (bicyclic) bond motifs is 1. The number of ether oxygens (including phenoxy) is 3. The fourth-order valence-corrected chi connectivity index (χ4v) is 2.21. The lowest BCUT2D eigenvalue weighted by molar-refractivity contribution is 0.0165. The zero-order valence-corrected chi connectivity index (χ0v) is 12.6. The highest BCUT2D eigenvalue weighted by Crippen LogP contribution is 2.35. The van der Waals surface area contributed by atoms with Crippen molar-refractivity contribution in [2.24, 2.45) is 5.92 Å². The van der Waals surface area contributed by atoms with Crippen LogP contribution in [-0.4, -0.2) is 32.9 Å². The topological polar surface area (TPSA) is 27.7 Å². The second kappa shape index (κ2) is 7.80. The van der Waals surface area contributed by atoms with Crippen LogP contribution in [0.5, 0.6) is 11.5 Å².